The number of anilines is 1. The molecule has 0 radical (unpaired) electrons. The second-order valence-corrected chi connectivity index (χ2v) is 5.93. The maximum absolute atomic E-state index is 9.47. The van der Waals surface area contributed by atoms with Crippen molar-refractivity contribution in [2.45, 2.75) is 26.8 Å². The van der Waals surface area contributed by atoms with E-state index in [1.165, 1.54) is 11.1 Å². The molecule has 0 aliphatic rings. The molecule has 0 saturated heterocycles. The molecule has 1 unspecified atom stereocenters. The fraction of sp³-hybridized carbons (Fsp3) is 0.235. The first-order chi connectivity index (χ1) is 9.51. The molecule has 0 saturated carbocycles. The summed E-state index contributed by atoms with van der Waals surface area (Å²) in [6, 6.07) is 14.1. The lowest BCUT2D eigenvalue weighted by Crippen LogP contribution is -2.10. The summed E-state index contributed by atoms with van der Waals surface area (Å²) in [7, 11) is 0. The Morgan fingerprint density at radius 2 is 1.75 bits per heavy atom. The highest BCUT2D eigenvalue weighted by atomic mass is 79.9. The molecular formula is C17H17BrN2. The Bertz CT molecular complexity index is 671. The summed E-state index contributed by atoms with van der Waals surface area (Å²) in [6.45, 7) is 6.22. The number of hydrogen-bond acceptors (Lipinski definition) is 2. The van der Waals surface area contributed by atoms with Gasteiger partial charge in [-0.2, -0.15) is 5.26 Å². The Morgan fingerprint density at radius 1 is 1.05 bits per heavy atom. The molecule has 1 atom stereocenters. The Labute approximate surface area is 128 Å². The predicted octanol–water partition coefficient (Wildman–Crippen LogP) is 5.05. The Hall–Kier alpha value is -1.79. The number of nitrogens with one attached hydrogen (secondary N) is 1. The third-order valence-electron chi connectivity index (χ3n) is 3.46. The molecular weight excluding hydrogens is 312 g/mol. The molecule has 2 rings (SSSR count). The van der Waals surface area contributed by atoms with Crippen LogP contribution >= 0.6 is 15.9 Å². The maximum Gasteiger partial charge on any atom is 0.140 e. The van der Waals surface area contributed by atoms with Gasteiger partial charge in [-0.15, -0.1) is 0 Å². The van der Waals surface area contributed by atoms with Crippen molar-refractivity contribution in [3.8, 4) is 6.07 Å². The van der Waals surface area contributed by atoms with Crippen molar-refractivity contribution in [3.63, 3.8) is 0 Å². The molecule has 3 heteroatoms. The van der Waals surface area contributed by atoms with Gasteiger partial charge in [-0.25, -0.2) is 0 Å². The molecule has 0 heterocycles. The van der Waals surface area contributed by atoms with Gasteiger partial charge >= 0.3 is 0 Å². The molecule has 0 spiro atoms. The van der Waals surface area contributed by atoms with Crippen LogP contribution in [0.5, 0.6) is 0 Å². The average molecular weight is 329 g/mol. The molecule has 0 aliphatic carbocycles. The van der Waals surface area contributed by atoms with Crippen molar-refractivity contribution in [3.05, 3.63) is 63.1 Å². The highest BCUT2D eigenvalue weighted by Crippen LogP contribution is 2.26. The third-order valence-corrected chi connectivity index (χ3v) is 3.95. The quantitative estimate of drug-likeness (QED) is 0.855. The van der Waals surface area contributed by atoms with E-state index in [2.05, 4.69) is 60.2 Å². The van der Waals surface area contributed by atoms with Gasteiger partial charge in [0.05, 0.1) is 6.07 Å². The van der Waals surface area contributed by atoms with Crippen LogP contribution < -0.4 is 5.32 Å². The van der Waals surface area contributed by atoms with Crippen LogP contribution in [0, 0.1) is 32.1 Å². The smallest absolute Gasteiger partial charge is 0.140 e. The van der Waals surface area contributed by atoms with Crippen molar-refractivity contribution in [1.29, 1.82) is 5.26 Å². The van der Waals surface area contributed by atoms with E-state index >= 15 is 0 Å². The maximum atomic E-state index is 9.47. The van der Waals surface area contributed by atoms with Crippen molar-refractivity contribution < 1.29 is 0 Å². The van der Waals surface area contributed by atoms with Crippen LogP contribution in [0.4, 0.5) is 5.69 Å². The van der Waals surface area contributed by atoms with Crippen LogP contribution in [0.15, 0.2) is 40.9 Å². The third kappa shape index (κ3) is 3.20. The summed E-state index contributed by atoms with van der Waals surface area (Å²) < 4.78 is 0.996. The van der Waals surface area contributed by atoms with Crippen LogP contribution in [-0.4, -0.2) is 0 Å². The standard InChI is InChI=1S/C17H17BrN2/c1-11-7-13(3)16(8-12(11)2)17(10-19)20-15-6-4-5-14(18)9-15/h4-9,17,20H,1-3H3. The van der Waals surface area contributed by atoms with Gasteiger partial charge < -0.3 is 5.32 Å². The fourth-order valence-electron chi connectivity index (χ4n) is 2.22. The minimum absolute atomic E-state index is 0.344. The van der Waals surface area contributed by atoms with Crippen LogP contribution in [0.25, 0.3) is 0 Å². The summed E-state index contributed by atoms with van der Waals surface area (Å²) in [5.41, 5.74) is 5.58. The lowest BCUT2D eigenvalue weighted by atomic mass is 9.96. The van der Waals surface area contributed by atoms with Crippen LogP contribution in [0.2, 0.25) is 0 Å². The van der Waals surface area contributed by atoms with Gasteiger partial charge in [0.25, 0.3) is 0 Å². The Kier molecular flexibility index (Phi) is 4.46. The van der Waals surface area contributed by atoms with Crippen LogP contribution in [-0.2, 0) is 0 Å². The predicted molar refractivity (Wildman–Crippen MR) is 86.8 cm³/mol. The van der Waals surface area contributed by atoms with Crippen molar-refractivity contribution in [1.82, 2.24) is 0 Å². The molecule has 2 nitrogen and oxygen atoms in total. The van der Waals surface area contributed by atoms with E-state index in [0.29, 0.717) is 0 Å². The van der Waals surface area contributed by atoms with Gasteiger partial charge in [0.15, 0.2) is 0 Å². The molecule has 102 valence electrons. The van der Waals surface area contributed by atoms with Crippen LogP contribution in [0.1, 0.15) is 28.3 Å². The van der Waals surface area contributed by atoms with Crippen molar-refractivity contribution in [2.75, 3.05) is 5.32 Å². The van der Waals surface area contributed by atoms with Crippen molar-refractivity contribution in [2.24, 2.45) is 0 Å². The molecule has 2 aromatic rings. The van der Waals surface area contributed by atoms with E-state index in [4.69, 9.17) is 0 Å². The molecule has 0 fully saturated rings. The van der Waals surface area contributed by atoms with Gasteiger partial charge in [-0.1, -0.05) is 34.1 Å². The first kappa shape index (κ1) is 14.6. The summed E-state index contributed by atoms with van der Waals surface area (Å²) >= 11 is 3.44. The zero-order valence-electron chi connectivity index (χ0n) is 11.9. The van der Waals surface area contributed by atoms with E-state index in [1.54, 1.807) is 0 Å². The summed E-state index contributed by atoms with van der Waals surface area (Å²) in [5, 5.41) is 12.8. The molecule has 0 amide bonds. The zero-order valence-corrected chi connectivity index (χ0v) is 13.5. The van der Waals surface area contributed by atoms with E-state index < -0.39 is 0 Å². The molecule has 0 bridgehead atoms. The average Bonchev–Trinajstić information content (AvgIpc) is 2.40. The van der Waals surface area contributed by atoms with E-state index in [1.807, 2.05) is 24.3 Å². The van der Waals surface area contributed by atoms with Crippen LogP contribution in [0.3, 0.4) is 0 Å². The lowest BCUT2D eigenvalue weighted by molar-refractivity contribution is 0.974. The lowest BCUT2D eigenvalue weighted by Gasteiger charge is -2.17. The number of hydrogen-bond donors (Lipinski definition) is 1. The normalized spacial score (nSPS) is 11.8. The van der Waals surface area contributed by atoms with E-state index in [0.717, 1.165) is 21.3 Å². The number of halogens is 1. The summed E-state index contributed by atoms with van der Waals surface area (Å²) in [5.74, 6) is 0. The summed E-state index contributed by atoms with van der Waals surface area (Å²) in [6.07, 6.45) is 0. The number of benzene rings is 2. The van der Waals surface area contributed by atoms with Gasteiger partial charge in [0.1, 0.15) is 6.04 Å². The number of aryl methyl sites for hydroxylation is 3. The molecule has 0 aromatic heterocycles. The van der Waals surface area contributed by atoms with E-state index in [9.17, 15) is 5.26 Å². The monoisotopic (exact) mass is 328 g/mol. The topological polar surface area (TPSA) is 35.8 Å². The van der Waals surface area contributed by atoms with Crippen molar-refractivity contribution >= 4 is 21.6 Å². The Balaban J connectivity index is 2.34. The number of rotatable bonds is 3. The number of nitrogens with zero attached hydrogens (tertiary/aromatic N) is 1. The minimum Gasteiger partial charge on any atom is -0.366 e. The molecule has 0 aliphatic heterocycles. The molecule has 1 N–H and O–H groups in total. The summed E-state index contributed by atoms with van der Waals surface area (Å²) in [4.78, 5) is 0. The van der Waals surface area contributed by atoms with Gasteiger partial charge in [0.2, 0.25) is 0 Å². The minimum atomic E-state index is -0.344. The zero-order chi connectivity index (χ0) is 14.7. The highest BCUT2D eigenvalue weighted by molar-refractivity contribution is 9.10. The Morgan fingerprint density at radius 3 is 2.40 bits per heavy atom. The van der Waals surface area contributed by atoms with Gasteiger partial charge in [0, 0.05) is 10.2 Å². The second kappa shape index (κ2) is 6.11. The first-order valence-corrected chi connectivity index (χ1v) is 7.30. The molecule has 20 heavy (non-hydrogen) atoms. The highest BCUT2D eigenvalue weighted by Gasteiger charge is 2.14. The van der Waals surface area contributed by atoms with Gasteiger partial charge in [-0.05, 0) is 61.2 Å². The largest absolute Gasteiger partial charge is 0.366 e. The SMILES string of the molecule is Cc1cc(C)c(C(C#N)Nc2cccc(Br)c2)cc1C. The van der Waals surface area contributed by atoms with Gasteiger partial charge in [-0.3, -0.25) is 0 Å². The fourth-order valence-corrected chi connectivity index (χ4v) is 2.62. The molecule has 2 aromatic carbocycles. The number of nitriles is 1. The first-order valence-electron chi connectivity index (χ1n) is 6.50. The van der Waals surface area contributed by atoms with E-state index in [-0.39, 0.29) is 6.04 Å². The second-order valence-electron chi connectivity index (χ2n) is 5.01.